The van der Waals surface area contributed by atoms with Crippen LogP contribution < -0.4 is 5.32 Å². The SMILES string of the molecule is C=C(C)C[N+](C)(CC)CCCNC(=O)CCCCCCC. The molecule has 0 bridgehead atoms. The molecule has 0 fully saturated rings. The molecule has 0 aliphatic rings. The molecule has 21 heavy (non-hydrogen) atoms. The highest BCUT2D eigenvalue weighted by atomic mass is 16.1. The molecule has 0 radical (unpaired) electrons. The minimum absolute atomic E-state index is 0.220. The number of likely N-dealkylation sites (N-methyl/N-ethyl adjacent to an activating group) is 1. The summed E-state index contributed by atoms with van der Waals surface area (Å²) in [6, 6.07) is 0. The molecule has 0 aliphatic carbocycles. The van der Waals surface area contributed by atoms with Gasteiger partial charge in [-0.2, -0.15) is 0 Å². The number of nitrogens with zero attached hydrogens (tertiary/aromatic N) is 1. The van der Waals surface area contributed by atoms with E-state index in [0.29, 0.717) is 6.42 Å². The average molecular weight is 298 g/mol. The average Bonchev–Trinajstić information content (AvgIpc) is 2.43. The number of carbonyl (C=O) groups excluding carboxylic acids is 1. The molecule has 1 N–H and O–H groups in total. The van der Waals surface area contributed by atoms with Crippen molar-refractivity contribution in [2.75, 3.05) is 33.2 Å². The van der Waals surface area contributed by atoms with E-state index in [1.54, 1.807) is 0 Å². The highest BCUT2D eigenvalue weighted by molar-refractivity contribution is 5.75. The van der Waals surface area contributed by atoms with E-state index in [-0.39, 0.29) is 5.91 Å². The first-order valence-electron chi connectivity index (χ1n) is 8.68. The Morgan fingerprint density at radius 3 is 2.33 bits per heavy atom. The second-order valence-corrected chi connectivity index (χ2v) is 6.64. The molecular formula is C18H37N2O+. The summed E-state index contributed by atoms with van der Waals surface area (Å²) in [7, 11) is 2.27. The highest BCUT2D eigenvalue weighted by Gasteiger charge is 2.18. The molecule has 3 heteroatoms. The molecule has 0 saturated carbocycles. The number of hydrogen-bond donors (Lipinski definition) is 1. The first-order chi connectivity index (χ1) is 9.93. The lowest BCUT2D eigenvalue weighted by Gasteiger charge is -2.33. The Kier molecular flexibility index (Phi) is 11.3. The molecule has 1 atom stereocenters. The minimum atomic E-state index is 0.220. The Hall–Kier alpha value is -0.830. The zero-order valence-corrected chi connectivity index (χ0v) is 14.8. The van der Waals surface area contributed by atoms with E-state index in [1.165, 1.54) is 31.3 Å². The largest absolute Gasteiger partial charge is 0.356 e. The van der Waals surface area contributed by atoms with Crippen LogP contribution in [0.3, 0.4) is 0 Å². The Labute approximate surface area is 132 Å². The van der Waals surface area contributed by atoms with E-state index >= 15 is 0 Å². The van der Waals surface area contributed by atoms with Crippen molar-refractivity contribution in [2.45, 2.75) is 65.7 Å². The summed E-state index contributed by atoms with van der Waals surface area (Å²) in [6.07, 6.45) is 7.75. The lowest BCUT2D eigenvalue weighted by Crippen LogP contribution is -2.46. The van der Waals surface area contributed by atoms with Crippen molar-refractivity contribution in [3.8, 4) is 0 Å². The quantitative estimate of drug-likeness (QED) is 0.312. The van der Waals surface area contributed by atoms with Gasteiger partial charge in [0.25, 0.3) is 0 Å². The van der Waals surface area contributed by atoms with Crippen molar-refractivity contribution in [3.05, 3.63) is 12.2 Å². The summed E-state index contributed by atoms with van der Waals surface area (Å²) >= 11 is 0. The molecule has 0 heterocycles. The third kappa shape index (κ3) is 11.5. The number of quaternary nitrogens is 1. The van der Waals surface area contributed by atoms with Crippen LogP contribution >= 0.6 is 0 Å². The van der Waals surface area contributed by atoms with E-state index in [9.17, 15) is 4.79 Å². The first kappa shape index (κ1) is 20.2. The highest BCUT2D eigenvalue weighted by Crippen LogP contribution is 2.08. The van der Waals surface area contributed by atoms with Crippen LogP contribution in [0.2, 0.25) is 0 Å². The number of carbonyl (C=O) groups is 1. The maximum atomic E-state index is 11.7. The van der Waals surface area contributed by atoms with Gasteiger partial charge in [0.05, 0.1) is 26.7 Å². The third-order valence-corrected chi connectivity index (χ3v) is 4.12. The van der Waals surface area contributed by atoms with Gasteiger partial charge in [-0.05, 0) is 25.8 Å². The number of unbranched alkanes of at least 4 members (excludes halogenated alkanes) is 4. The number of hydrogen-bond acceptors (Lipinski definition) is 1. The van der Waals surface area contributed by atoms with Crippen LogP contribution in [0.5, 0.6) is 0 Å². The van der Waals surface area contributed by atoms with E-state index in [1.807, 2.05) is 0 Å². The normalized spacial score (nSPS) is 13.7. The Bertz CT molecular complexity index is 302. The Morgan fingerprint density at radius 1 is 1.10 bits per heavy atom. The standard InChI is InChI=1S/C18H36N2O/c1-6-8-9-10-11-13-18(21)19-14-12-15-20(5,7-2)16-17(3)4/h3,6-16H2,1-2,4-5H3/p+1. The van der Waals surface area contributed by atoms with Crippen molar-refractivity contribution >= 4 is 5.91 Å². The van der Waals surface area contributed by atoms with Crippen molar-refractivity contribution in [2.24, 2.45) is 0 Å². The van der Waals surface area contributed by atoms with Crippen molar-refractivity contribution < 1.29 is 9.28 Å². The van der Waals surface area contributed by atoms with Crippen LogP contribution in [-0.4, -0.2) is 43.6 Å². The second kappa shape index (κ2) is 11.8. The van der Waals surface area contributed by atoms with Gasteiger partial charge in [-0.3, -0.25) is 4.79 Å². The molecule has 1 unspecified atom stereocenters. The van der Waals surface area contributed by atoms with Crippen LogP contribution in [0.4, 0.5) is 0 Å². The summed E-state index contributed by atoms with van der Waals surface area (Å²) < 4.78 is 1.02. The smallest absolute Gasteiger partial charge is 0.219 e. The third-order valence-electron chi connectivity index (χ3n) is 4.12. The molecule has 124 valence electrons. The number of nitrogens with one attached hydrogen (secondary N) is 1. The summed E-state index contributed by atoms with van der Waals surface area (Å²) in [6.45, 7) is 14.6. The van der Waals surface area contributed by atoms with Gasteiger partial charge < -0.3 is 9.80 Å². The minimum Gasteiger partial charge on any atom is -0.356 e. The van der Waals surface area contributed by atoms with Crippen LogP contribution in [0.1, 0.15) is 65.7 Å². The van der Waals surface area contributed by atoms with Gasteiger partial charge in [0, 0.05) is 19.4 Å². The van der Waals surface area contributed by atoms with Crippen LogP contribution in [-0.2, 0) is 4.79 Å². The Morgan fingerprint density at radius 2 is 1.76 bits per heavy atom. The topological polar surface area (TPSA) is 29.1 Å². The molecule has 0 rings (SSSR count). The summed E-state index contributed by atoms with van der Waals surface area (Å²) in [5.74, 6) is 0.220. The van der Waals surface area contributed by atoms with Crippen LogP contribution in [0.15, 0.2) is 12.2 Å². The number of rotatable bonds is 13. The van der Waals surface area contributed by atoms with Crippen LogP contribution in [0.25, 0.3) is 0 Å². The lowest BCUT2D eigenvalue weighted by atomic mass is 10.1. The zero-order chi connectivity index (χ0) is 16.1. The van der Waals surface area contributed by atoms with Crippen molar-refractivity contribution in [1.82, 2.24) is 5.32 Å². The maximum Gasteiger partial charge on any atom is 0.219 e. The maximum absolute atomic E-state index is 11.7. The molecule has 0 aromatic heterocycles. The van der Waals surface area contributed by atoms with Crippen molar-refractivity contribution in [3.63, 3.8) is 0 Å². The van der Waals surface area contributed by atoms with Gasteiger partial charge in [-0.25, -0.2) is 0 Å². The predicted octanol–water partition coefficient (Wildman–Crippen LogP) is 3.90. The van der Waals surface area contributed by atoms with Crippen LogP contribution in [0, 0.1) is 0 Å². The molecule has 0 aliphatic heterocycles. The van der Waals surface area contributed by atoms with Gasteiger partial charge in [-0.15, -0.1) is 0 Å². The van der Waals surface area contributed by atoms with Crippen molar-refractivity contribution in [1.29, 1.82) is 0 Å². The summed E-state index contributed by atoms with van der Waals surface area (Å²) in [5.41, 5.74) is 1.23. The molecule has 3 nitrogen and oxygen atoms in total. The first-order valence-corrected chi connectivity index (χ1v) is 8.68. The molecular weight excluding hydrogens is 260 g/mol. The van der Waals surface area contributed by atoms with Gasteiger partial charge in [0.2, 0.25) is 5.91 Å². The Balaban J connectivity index is 3.68. The van der Waals surface area contributed by atoms with Gasteiger partial charge in [-0.1, -0.05) is 39.2 Å². The second-order valence-electron chi connectivity index (χ2n) is 6.64. The monoisotopic (exact) mass is 297 g/mol. The molecule has 0 spiro atoms. The van der Waals surface area contributed by atoms with E-state index in [2.05, 4.69) is 39.7 Å². The van der Waals surface area contributed by atoms with Gasteiger partial charge in [0.1, 0.15) is 0 Å². The molecule has 0 aromatic carbocycles. The zero-order valence-electron chi connectivity index (χ0n) is 14.8. The fourth-order valence-corrected chi connectivity index (χ4v) is 2.67. The van der Waals surface area contributed by atoms with E-state index in [4.69, 9.17) is 0 Å². The molecule has 0 aromatic rings. The summed E-state index contributed by atoms with van der Waals surface area (Å²) in [4.78, 5) is 11.7. The van der Waals surface area contributed by atoms with E-state index < -0.39 is 0 Å². The summed E-state index contributed by atoms with van der Waals surface area (Å²) in [5, 5.41) is 3.05. The van der Waals surface area contributed by atoms with E-state index in [0.717, 1.165) is 43.5 Å². The fourth-order valence-electron chi connectivity index (χ4n) is 2.67. The number of amides is 1. The lowest BCUT2D eigenvalue weighted by molar-refractivity contribution is -0.903. The molecule has 1 amide bonds. The predicted molar refractivity (Wildman–Crippen MR) is 92.3 cm³/mol. The molecule has 0 saturated heterocycles. The van der Waals surface area contributed by atoms with Gasteiger partial charge >= 0.3 is 0 Å². The van der Waals surface area contributed by atoms with Gasteiger partial charge in [0.15, 0.2) is 0 Å². The fraction of sp³-hybridized carbons (Fsp3) is 0.833.